The van der Waals surface area contributed by atoms with E-state index >= 15 is 0 Å². The standard InChI is InChI=1S/C23H26N6O2/c1-14-6-2-5-9-18(14)23(31)27-13-16-11-10-15(12-26-16)20-19(22(25)30)21(24)29(28-20)17-7-3-4-8-17/h2,5-6,9-12,17H,3-4,7-8,13,24H2,1H3,(H2,25,30)(H,27,31). The number of nitrogens with two attached hydrogens (primary N) is 2. The predicted molar refractivity (Wildman–Crippen MR) is 118 cm³/mol. The van der Waals surface area contributed by atoms with E-state index in [1.54, 1.807) is 23.0 Å². The van der Waals surface area contributed by atoms with Crippen LogP contribution in [0.3, 0.4) is 0 Å². The Morgan fingerprint density at radius 3 is 2.55 bits per heavy atom. The van der Waals surface area contributed by atoms with E-state index in [0.717, 1.165) is 31.2 Å². The molecule has 8 heteroatoms. The molecule has 160 valence electrons. The molecule has 31 heavy (non-hydrogen) atoms. The number of nitrogens with zero attached hydrogens (tertiary/aromatic N) is 3. The first-order valence-electron chi connectivity index (χ1n) is 10.4. The molecular weight excluding hydrogens is 392 g/mol. The number of rotatable bonds is 6. The van der Waals surface area contributed by atoms with Gasteiger partial charge in [0.25, 0.3) is 11.8 Å². The van der Waals surface area contributed by atoms with Crippen molar-refractivity contribution in [3.63, 3.8) is 0 Å². The predicted octanol–water partition coefficient (Wildman–Crippen LogP) is 2.98. The van der Waals surface area contributed by atoms with Crippen LogP contribution in [0.4, 0.5) is 5.82 Å². The number of carbonyl (C=O) groups is 2. The van der Waals surface area contributed by atoms with E-state index in [1.807, 2.05) is 31.2 Å². The molecule has 0 unspecified atom stereocenters. The molecule has 1 saturated carbocycles. The summed E-state index contributed by atoms with van der Waals surface area (Å²) in [5.41, 5.74) is 15.4. The molecule has 4 rings (SSSR count). The Morgan fingerprint density at radius 2 is 1.90 bits per heavy atom. The number of pyridine rings is 1. The summed E-state index contributed by atoms with van der Waals surface area (Å²) < 4.78 is 1.73. The van der Waals surface area contributed by atoms with Gasteiger partial charge in [-0.1, -0.05) is 31.0 Å². The molecule has 2 aromatic heterocycles. The smallest absolute Gasteiger partial charge is 0.254 e. The second kappa shape index (κ2) is 8.59. The summed E-state index contributed by atoms with van der Waals surface area (Å²) in [5, 5.41) is 7.50. The van der Waals surface area contributed by atoms with Gasteiger partial charge in [0.2, 0.25) is 0 Å². The summed E-state index contributed by atoms with van der Waals surface area (Å²) in [6, 6.07) is 11.2. The van der Waals surface area contributed by atoms with Crippen LogP contribution in [-0.4, -0.2) is 26.6 Å². The van der Waals surface area contributed by atoms with Crippen LogP contribution < -0.4 is 16.8 Å². The van der Waals surface area contributed by atoms with Gasteiger partial charge in [-0.3, -0.25) is 14.6 Å². The molecule has 1 aromatic carbocycles. The first-order chi connectivity index (χ1) is 15.0. The van der Waals surface area contributed by atoms with E-state index in [-0.39, 0.29) is 24.1 Å². The van der Waals surface area contributed by atoms with Gasteiger partial charge in [0.1, 0.15) is 17.1 Å². The fourth-order valence-corrected chi connectivity index (χ4v) is 4.08. The highest BCUT2D eigenvalue weighted by atomic mass is 16.2. The first kappa shape index (κ1) is 20.6. The largest absolute Gasteiger partial charge is 0.383 e. The van der Waals surface area contributed by atoms with Crippen molar-refractivity contribution in [2.75, 3.05) is 5.73 Å². The van der Waals surface area contributed by atoms with Crippen molar-refractivity contribution in [3.05, 3.63) is 65.0 Å². The number of nitrogens with one attached hydrogen (secondary N) is 1. The van der Waals surface area contributed by atoms with Gasteiger partial charge in [-0.15, -0.1) is 0 Å². The fourth-order valence-electron chi connectivity index (χ4n) is 4.08. The van der Waals surface area contributed by atoms with E-state index in [9.17, 15) is 9.59 Å². The summed E-state index contributed by atoms with van der Waals surface area (Å²) in [5.74, 6) is -0.446. The molecule has 5 N–H and O–H groups in total. The van der Waals surface area contributed by atoms with Gasteiger partial charge in [-0.25, -0.2) is 4.68 Å². The molecular formula is C23H26N6O2. The van der Waals surface area contributed by atoms with E-state index < -0.39 is 5.91 Å². The Kier molecular flexibility index (Phi) is 5.70. The number of hydrogen-bond donors (Lipinski definition) is 3. The molecule has 1 aliphatic rings. The van der Waals surface area contributed by atoms with Crippen molar-refractivity contribution < 1.29 is 9.59 Å². The number of carbonyl (C=O) groups excluding carboxylic acids is 2. The minimum atomic E-state index is -0.605. The third-order valence-corrected chi connectivity index (χ3v) is 5.78. The van der Waals surface area contributed by atoms with E-state index in [1.165, 1.54) is 0 Å². The summed E-state index contributed by atoms with van der Waals surface area (Å²) in [7, 11) is 0. The normalized spacial score (nSPS) is 14.0. The van der Waals surface area contributed by atoms with Crippen LogP contribution >= 0.6 is 0 Å². The lowest BCUT2D eigenvalue weighted by Gasteiger charge is -2.11. The van der Waals surface area contributed by atoms with E-state index in [0.29, 0.717) is 28.3 Å². The number of nitrogen functional groups attached to an aromatic ring is 1. The highest BCUT2D eigenvalue weighted by Gasteiger charge is 2.27. The SMILES string of the molecule is Cc1ccccc1C(=O)NCc1ccc(-c2nn(C3CCCC3)c(N)c2C(N)=O)cn1. The Bertz CT molecular complexity index is 1110. The van der Waals surface area contributed by atoms with Crippen LogP contribution in [0.1, 0.15) is 63.7 Å². The zero-order valence-electron chi connectivity index (χ0n) is 17.5. The van der Waals surface area contributed by atoms with Crippen LogP contribution in [0, 0.1) is 6.92 Å². The molecule has 0 radical (unpaired) electrons. The maximum Gasteiger partial charge on any atom is 0.254 e. The Balaban J connectivity index is 1.53. The Hall–Kier alpha value is -3.68. The van der Waals surface area contributed by atoms with Crippen molar-refractivity contribution in [2.24, 2.45) is 5.73 Å². The second-order valence-electron chi connectivity index (χ2n) is 7.89. The average Bonchev–Trinajstić information content (AvgIpc) is 3.40. The van der Waals surface area contributed by atoms with Crippen molar-refractivity contribution in [1.29, 1.82) is 0 Å². The summed E-state index contributed by atoms with van der Waals surface area (Å²) in [4.78, 5) is 28.9. The summed E-state index contributed by atoms with van der Waals surface area (Å²) >= 11 is 0. The van der Waals surface area contributed by atoms with Gasteiger partial charge in [-0.2, -0.15) is 5.10 Å². The second-order valence-corrected chi connectivity index (χ2v) is 7.89. The quantitative estimate of drug-likeness (QED) is 0.567. The molecule has 0 spiro atoms. The minimum absolute atomic E-state index is 0.150. The lowest BCUT2D eigenvalue weighted by atomic mass is 10.1. The number of benzene rings is 1. The molecule has 1 aliphatic carbocycles. The van der Waals surface area contributed by atoms with Crippen LogP contribution in [-0.2, 0) is 6.54 Å². The fraction of sp³-hybridized carbons (Fsp3) is 0.304. The van der Waals surface area contributed by atoms with Crippen molar-refractivity contribution in [1.82, 2.24) is 20.1 Å². The van der Waals surface area contributed by atoms with Crippen LogP contribution in [0.25, 0.3) is 11.3 Å². The zero-order valence-corrected chi connectivity index (χ0v) is 17.5. The zero-order chi connectivity index (χ0) is 22.0. The molecule has 8 nitrogen and oxygen atoms in total. The van der Waals surface area contributed by atoms with E-state index in [4.69, 9.17) is 11.5 Å². The van der Waals surface area contributed by atoms with Crippen LogP contribution in [0.2, 0.25) is 0 Å². The molecule has 1 fully saturated rings. The Labute approximate surface area is 180 Å². The summed E-state index contributed by atoms with van der Waals surface area (Å²) in [6.45, 7) is 2.18. The van der Waals surface area contributed by atoms with Crippen molar-refractivity contribution in [3.8, 4) is 11.3 Å². The van der Waals surface area contributed by atoms with Crippen molar-refractivity contribution >= 4 is 17.6 Å². The third kappa shape index (κ3) is 4.14. The Morgan fingerprint density at radius 1 is 1.16 bits per heavy atom. The third-order valence-electron chi connectivity index (χ3n) is 5.78. The molecule has 0 bridgehead atoms. The molecule has 0 saturated heterocycles. The molecule has 3 aromatic rings. The molecule has 0 atom stereocenters. The number of aromatic nitrogens is 3. The highest BCUT2D eigenvalue weighted by molar-refractivity contribution is 6.03. The van der Waals surface area contributed by atoms with Crippen LogP contribution in [0.5, 0.6) is 0 Å². The number of hydrogen-bond acceptors (Lipinski definition) is 5. The highest BCUT2D eigenvalue weighted by Crippen LogP contribution is 2.35. The number of aryl methyl sites for hydroxylation is 1. The van der Waals surface area contributed by atoms with Crippen molar-refractivity contribution in [2.45, 2.75) is 45.2 Å². The van der Waals surface area contributed by atoms with Gasteiger partial charge in [0, 0.05) is 17.3 Å². The number of amides is 2. The number of anilines is 1. The topological polar surface area (TPSA) is 129 Å². The monoisotopic (exact) mass is 418 g/mol. The molecule has 2 heterocycles. The van der Waals surface area contributed by atoms with E-state index in [2.05, 4.69) is 15.4 Å². The van der Waals surface area contributed by atoms with Crippen LogP contribution in [0.15, 0.2) is 42.6 Å². The lowest BCUT2D eigenvalue weighted by Crippen LogP contribution is -2.24. The van der Waals surface area contributed by atoms with Gasteiger partial charge >= 0.3 is 0 Å². The number of primary amides is 1. The van der Waals surface area contributed by atoms with Gasteiger partial charge < -0.3 is 16.8 Å². The first-order valence-corrected chi connectivity index (χ1v) is 10.4. The lowest BCUT2D eigenvalue weighted by molar-refractivity contribution is 0.0948. The maximum atomic E-state index is 12.4. The summed E-state index contributed by atoms with van der Waals surface area (Å²) in [6.07, 6.45) is 5.84. The minimum Gasteiger partial charge on any atom is -0.383 e. The van der Waals surface area contributed by atoms with Gasteiger partial charge in [0.05, 0.1) is 18.3 Å². The average molecular weight is 419 g/mol. The van der Waals surface area contributed by atoms with Gasteiger partial charge in [-0.05, 0) is 43.5 Å². The molecule has 2 amide bonds. The van der Waals surface area contributed by atoms with Gasteiger partial charge in [0.15, 0.2) is 0 Å². The molecule has 0 aliphatic heterocycles. The maximum absolute atomic E-state index is 12.4.